The second-order valence-corrected chi connectivity index (χ2v) is 6.38. The van der Waals surface area contributed by atoms with Crippen molar-refractivity contribution in [3.63, 3.8) is 0 Å². The Morgan fingerprint density at radius 3 is 2.42 bits per heavy atom. The second-order valence-electron chi connectivity index (χ2n) is 6.38. The average molecular weight is 357 g/mol. The van der Waals surface area contributed by atoms with Gasteiger partial charge in [-0.05, 0) is 19.4 Å². The maximum atomic E-state index is 12.7. The third-order valence-corrected chi connectivity index (χ3v) is 4.31. The van der Waals surface area contributed by atoms with Crippen molar-refractivity contribution in [2.24, 2.45) is 0 Å². The molecular weight excluding hydrogens is 338 g/mol. The molecule has 2 aromatic rings. The number of pyridine rings is 1. The molecule has 1 amide bonds. The zero-order chi connectivity index (χ0) is 19.0. The number of aromatic carboxylic acids is 1. The number of carbonyl (C=O) groups excluding carboxylic acids is 1. The number of carboxylic acid groups (broad SMARTS) is 1. The molecule has 26 heavy (non-hydrogen) atoms. The van der Waals surface area contributed by atoms with Gasteiger partial charge in [0, 0.05) is 12.2 Å². The number of fused-ring (bicyclic) bond motifs is 1. The van der Waals surface area contributed by atoms with Gasteiger partial charge in [-0.2, -0.15) is 0 Å². The van der Waals surface area contributed by atoms with Crippen LogP contribution >= 0.6 is 0 Å². The van der Waals surface area contributed by atoms with Gasteiger partial charge in [0.15, 0.2) is 11.4 Å². The summed E-state index contributed by atoms with van der Waals surface area (Å²) in [5, 5.41) is 21.2. The summed E-state index contributed by atoms with van der Waals surface area (Å²) in [7, 11) is 0. The molecule has 1 aromatic carbocycles. The highest BCUT2D eigenvalue weighted by molar-refractivity contribution is 5.98. The lowest BCUT2D eigenvalue weighted by Gasteiger charge is -2.41. The quantitative estimate of drug-likeness (QED) is 0.853. The first-order valence-corrected chi connectivity index (χ1v) is 8.13. The molecule has 1 aromatic heterocycles. The van der Waals surface area contributed by atoms with E-state index >= 15 is 0 Å². The predicted octanol–water partition coefficient (Wildman–Crippen LogP) is 1.21. The summed E-state index contributed by atoms with van der Waals surface area (Å²) in [5.41, 5.74) is -0.945. The fourth-order valence-corrected chi connectivity index (χ4v) is 2.93. The van der Waals surface area contributed by atoms with Gasteiger partial charge in [0.2, 0.25) is 5.43 Å². The van der Waals surface area contributed by atoms with E-state index < -0.39 is 28.6 Å². The van der Waals surface area contributed by atoms with Crippen LogP contribution in [0.15, 0.2) is 41.3 Å². The lowest BCUT2D eigenvalue weighted by molar-refractivity contribution is 0.0618. The van der Waals surface area contributed by atoms with Gasteiger partial charge < -0.3 is 15.1 Å². The van der Waals surface area contributed by atoms with Crippen LogP contribution in [0.3, 0.4) is 0 Å². The number of aromatic hydroxyl groups is 1. The fraction of sp³-hybridized carbons (Fsp3) is 0.278. The highest BCUT2D eigenvalue weighted by Gasteiger charge is 2.35. The molecule has 136 valence electrons. The van der Waals surface area contributed by atoms with Crippen LogP contribution in [-0.2, 0) is 6.54 Å². The standard InChI is InChI=1S/C18H19N3O5/c1-11(2)20-10-19(8-12-6-4-3-5-7-12)21-9-13(18(25)26)15(22)16(23)14(21)17(20)24/h3-7,9,11,23H,8,10H2,1-2H3,(H,25,26). The molecule has 0 radical (unpaired) electrons. The van der Waals surface area contributed by atoms with Gasteiger partial charge in [-0.3, -0.25) is 19.3 Å². The zero-order valence-electron chi connectivity index (χ0n) is 14.4. The van der Waals surface area contributed by atoms with E-state index in [0.717, 1.165) is 11.8 Å². The van der Waals surface area contributed by atoms with Crippen LogP contribution in [0.2, 0.25) is 0 Å². The van der Waals surface area contributed by atoms with Crippen LogP contribution in [0.1, 0.15) is 40.3 Å². The first kappa shape index (κ1) is 17.5. The van der Waals surface area contributed by atoms with Crippen LogP contribution in [0, 0.1) is 0 Å². The van der Waals surface area contributed by atoms with Crippen molar-refractivity contribution in [2.75, 3.05) is 11.7 Å². The van der Waals surface area contributed by atoms with E-state index in [4.69, 9.17) is 0 Å². The number of aromatic nitrogens is 1. The predicted molar refractivity (Wildman–Crippen MR) is 93.9 cm³/mol. The third-order valence-electron chi connectivity index (χ3n) is 4.31. The molecule has 8 heteroatoms. The number of hydrogen-bond donors (Lipinski definition) is 2. The van der Waals surface area contributed by atoms with Gasteiger partial charge >= 0.3 is 5.97 Å². The lowest BCUT2D eigenvalue weighted by Crippen LogP contribution is -2.56. The number of rotatable bonds is 4. The highest BCUT2D eigenvalue weighted by atomic mass is 16.4. The van der Waals surface area contributed by atoms with Crippen LogP contribution in [0.4, 0.5) is 0 Å². The molecule has 2 N–H and O–H groups in total. The number of amides is 1. The maximum absolute atomic E-state index is 12.7. The number of nitrogens with zero attached hydrogens (tertiary/aromatic N) is 3. The first-order chi connectivity index (χ1) is 12.3. The Labute approximate surface area is 149 Å². The molecule has 0 bridgehead atoms. The van der Waals surface area contributed by atoms with E-state index in [1.54, 1.807) is 5.01 Å². The SMILES string of the molecule is CC(C)N1CN(Cc2ccccc2)n2cc(C(=O)O)c(=O)c(O)c2C1=O. The molecule has 3 rings (SSSR count). The van der Waals surface area contributed by atoms with Crippen molar-refractivity contribution in [1.29, 1.82) is 0 Å². The monoisotopic (exact) mass is 357 g/mol. The summed E-state index contributed by atoms with van der Waals surface area (Å²) in [5.74, 6) is -2.83. The maximum Gasteiger partial charge on any atom is 0.341 e. The molecule has 1 aliphatic rings. The van der Waals surface area contributed by atoms with E-state index in [0.29, 0.717) is 6.54 Å². The lowest BCUT2D eigenvalue weighted by atomic mass is 10.1. The van der Waals surface area contributed by atoms with E-state index in [2.05, 4.69) is 0 Å². The second kappa shape index (κ2) is 6.55. The normalized spacial score (nSPS) is 13.9. The molecule has 0 saturated carbocycles. The van der Waals surface area contributed by atoms with Crippen molar-refractivity contribution in [3.05, 3.63) is 63.6 Å². The van der Waals surface area contributed by atoms with Gasteiger partial charge in [0.1, 0.15) is 12.2 Å². The van der Waals surface area contributed by atoms with Gasteiger partial charge in [0.05, 0.1) is 6.54 Å². The van der Waals surface area contributed by atoms with Crippen LogP contribution < -0.4 is 10.4 Å². The molecule has 8 nitrogen and oxygen atoms in total. The summed E-state index contributed by atoms with van der Waals surface area (Å²) in [6.07, 6.45) is 1.10. The molecule has 0 saturated heterocycles. The van der Waals surface area contributed by atoms with Gasteiger partial charge in [-0.25, -0.2) is 4.79 Å². The van der Waals surface area contributed by atoms with Crippen molar-refractivity contribution < 1.29 is 19.8 Å². The van der Waals surface area contributed by atoms with Gasteiger partial charge in [-0.15, -0.1) is 0 Å². The first-order valence-electron chi connectivity index (χ1n) is 8.13. The Bertz CT molecular complexity index is 920. The Morgan fingerprint density at radius 1 is 1.19 bits per heavy atom. The zero-order valence-corrected chi connectivity index (χ0v) is 14.4. The molecular formula is C18H19N3O5. The molecule has 0 fully saturated rings. The number of hydrogen-bond acceptors (Lipinski definition) is 5. The van der Waals surface area contributed by atoms with Crippen LogP contribution in [-0.4, -0.2) is 44.4 Å². The number of benzene rings is 1. The molecule has 2 heterocycles. The van der Waals surface area contributed by atoms with E-state index in [1.165, 1.54) is 9.58 Å². The number of carbonyl (C=O) groups is 2. The van der Waals surface area contributed by atoms with Crippen molar-refractivity contribution in [1.82, 2.24) is 9.58 Å². The molecule has 0 aliphatic carbocycles. The van der Waals surface area contributed by atoms with Crippen molar-refractivity contribution >= 4 is 11.9 Å². The van der Waals surface area contributed by atoms with Gasteiger partial charge in [-0.1, -0.05) is 30.3 Å². The molecule has 0 atom stereocenters. The number of carboxylic acids is 1. The highest BCUT2D eigenvalue weighted by Crippen LogP contribution is 2.23. The van der Waals surface area contributed by atoms with E-state index in [1.807, 2.05) is 44.2 Å². The van der Waals surface area contributed by atoms with E-state index in [-0.39, 0.29) is 18.4 Å². The van der Waals surface area contributed by atoms with Gasteiger partial charge in [0.25, 0.3) is 5.91 Å². The smallest absolute Gasteiger partial charge is 0.341 e. The molecule has 0 spiro atoms. The minimum Gasteiger partial charge on any atom is -0.502 e. The average Bonchev–Trinajstić information content (AvgIpc) is 2.60. The Balaban J connectivity index is 2.18. The summed E-state index contributed by atoms with van der Waals surface area (Å²) in [6, 6.07) is 9.26. The summed E-state index contributed by atoms with van der Waals surface area (Å²) in [6.45, 7) is 4.22. The van der Waals surface area contributed by atoms with Crippen LogP contribution in [0.5, 0.6) is 5.75 Å². The minimum absolute atomic E-state index is 0.164. The minimum atomic E-state index is -1.46. The summed E-state index contributed by atoms with van der Waals surface area (Å²) < 4.78 is 1.27. The van der Waals surface area contributed by atoms with Crippen molar-refractivity contribution in [3.8, 4) is 5.75 Å². The Kier molecular flexibility index (Phi) is 4.41. The largest absolute Gasteiger partial charge is 0.502 e. The topological polar surface area (TPSA) is 103 Å². The third kappa shape index (κ3) is 2.90. The van der Waals surface area contributed by atoms with Crippen molar-refractivity contribution in [2.45, 2.75) is 26.4 Å². The fourth-order valence-electron chi connectivity index (χ4n) is 2.93. The van der Waals surface area contributed by atoms with Crippen LogP contribution in [0.25, 0.3) is 0 Å². The molecule has 1 aliphatic heterocycles. The Hall–Kier alpha value is -3.29. The Morgan fingerprint density at radius 2 is 1.85 bits per heavy atom. The van der Waals surface area contributed by atoms with E-state index in [9.17, 15) is 24.6 Å². The molecule has 0 unspecified atom stereocenters. The summed E-state index contributed by atoms with van der Waals surface area (Å²) >= 11 is 0. The summed E-state index contributed by atoms with van der Waals surface area (Å²) in [4.78, 5) is 37.7.